The summed E-state index contributed by atoms with van der Waals surface area (Å²) in [6, 6.07) is 0. The number of hydrogen-bond donors (Lipinski definition) is 0. The molecule has 0 aliphatic carbocycles. The minimum Gasteiger partial charge on any atom is -0.303 e. The third-order valence-electron chi connectivity index (χ3n) is 2.12. The van der Waals surface area contributed by atoms with E-state index in [0.29, 0.717) is 0 Å². The Kier molecular flexibility index (Phi) is 2.52. The maximum absolute atomic E-state index is 2.54. The lowest BCUT2D eigenvalue weighted by atomic mass is 9.89. The average Bonchev–Trinajstić information content (AvgIpc) is 1.93. The van der Waals surface area contributed by atoms with Crippen LogP contribution in [0.1, 0.15) is 26.7 Å². The maximum atomic E-state index is 2.54. The molecule has 0 saturated carbocycles. The van der Waals surface area contributed by atoms with Gasteiger partial charge in [-0.1, -0.05) is 13.8 Å². The van der Waals surface area contributed by atoms with Crippen LogP contribution < -0.4 is 0 Å². The first-order valence-electron chi connectivity index (χ1n) is 4.17. The van der Waals surface area contributed by atoms with Crippen LogP contribution in [-0.2, 0) is 0 Å². The summed E-state index contributed by atoms with van der Waals surface area (Å²) in [5.41, 5.74) is 0. The number of rotatable bonds is 0. The molecule has 3 saturated heterocycles. The Morgan fingerprint density at radius 3 is 2.00 bits per heavy atom. The Labute approximate surface area is 58.0 Å². The summed E-state index contributed by atoms with van der Waals surface area (Å²) in [5.74, 6) is 1.11. The molecule has 1 heteroatoms. The van der Waals surface area contributed by atoms with E-state index < -0.39 is 0 Å². The largest absolute Gasteiger partial charge is 0.303 e. The topological polar surface area (TPSA) is 3.24 Å². The van der Waals surface area contributed by atoms with E-state index in [1.54, 1.807) is 0 Å². The Hall–Kier alpha value is -0.0400. The third kappa shape index (κ3) is 1.45. The first-order chi connectivity index (χ1) is 4.45. The second-order valence-electron chi connectivity index (χ2n) is 2.77. The van der Waals surface area contributed by atoms with Crippen LogP contribution in [0, 0.1) is 5.92 Å². The summed E-state index contributed by atoms with van der Waals surface area (Å²) in [7, 11) is 0. The van der Waals surface area contributed by atoms with E-state index in [9.17, 15) is 0 Å². The van der Waals surface area contributed by atoms with Crippen molar-refractivity contribution in [3.63, 3.8) is 0 Å². The van der Waals surface area contributed by atoms with Crippen molar-refractivity contribution < 1.29 is 0 Å². The van der Waals surface area contributed by atoms with Crippen LogP contribution in [0.4, 0.5) is 0 Å². The van der Waals surface area contributed by atoms with Gasteiger partial charge in [-0.05, 0) is 25.3 Å². The molecule has 54 valence electrons. The van der Waals surface area contributed by atoms with E-state index in [-0.39, 0.29) is 0 Å². The average molecular weight is 127 g/mol. The molecule has 2 bridgehead atoms. The maximum Gasteiger partial charge on any atom is 0.00220 e. The van der Waals surface area contributed by atoms with Gasteiger partial charge in [0.05, 0.1) is 0 Å². The van der Waals surface area contributed by atoms with E-state index in [0.717, 1.165) is 5.92 Å². The van der Waals surface area contributed by atoms with Gasteiger partial charge in [0.1, 0.15) is 0 Å². The van der Waals surface area contributed by atoms with Gasteiger partial charge < -0.3 is 4.90 Å². The Bertz CT molecular complexity index is 61.1. The van der Waals surface area contributed by atoms with Crippen molar-refractivity contribution in [2.75, 3.05) is 19.6 Å². The Morgan fingerprint density at radius 2 is 1.89 bits per heavy atom. The van der Waals surface area contributed by atoms with Gasteiger partial charge in [-0.2, -0.15) is 0 Å². The highest BCUT2D eigenvalue weighted by atomic mass is 15.2. The molecule has 0 aromatic carbocycles. The molecule has 1 nitrogen and oxygen atoms in total. The van der Waals surface area contributed by atoms with Gasteiger partial charge in [0.25, 0.3) is 0 Å². The summed E-state index contributed by atoms with van der Waals surface area (Å²) in [5, 5.41) is 0. The molecular weight excluding hydrogens is 110 g/mol. The van der Waals surface area contributed by atoms with Gasteiger partial charge in [0.15, 0.2) is 0 Å². The van der Waals surface area contributed by atoms with Crippen LogP contribution in [0.3, 0.4) is 0 Å². The van der Waals surface area contributed by atoms with Crippen LogP contribution in [0.2, 0.25) is 0 Å². The van der Waals surface area contributed by atoms with Gasteiger partial charge in [0.2, 0.25) is 0 Å². The SMILES string of the molecule is C1CC2CN(C1)C2.CC. The zero-order valence-electron chi connectivity index (χ0n) is 6.56. The van der Waals surface area contributed by atoms with Gasteiger partial charge in [-0.15, -0.1) is 0 Å². The Balaban J connectivity index is 0.000000186. The van der Waals surface area contributed by atoms with Gasteiger partial charge >= 0.3 is 0 Å². The number of fused-ring (bicyclic) bond motifs is 2. The zero-order valence-corrected chi connectivity index (χ0v) is 6.56. The lowest BCUT2D eigenvalue weighted by molar-refractivity contribution is 0.0484. The first kappa shape index (κ1) is 7.07. The van der Waals surface area contributed by atoms with Crippen LogP contribution in [0.5, 0.6) is 0 Å². The molecule has 3 aliphatic heterocycles. The van der Waals surface area contributed by atoms with E-state index in [4.69, 9.17) is 0 Å². The molecule has 3 heterocycles. The standard InChI is InChI=1S/C6H11N.C2H6/c1-2-6-4-7(3-1)5-6;1-2/h6H,1-5H2;1-2H3. The second kappa shape index (κ2) is 3.21. The van der Waals surface area contributed by atoms with E-state index in [2.05, 4.69) is 4.90 Å². The molecule has 0 aromatic heterocycles. The molecule has 0 N–H and O–H groups in total. The van der Waals surface area contributed by atoms with Gasteiger partial charge in [0, 0.05) is 13.1 Å². The van der Waals surface area contributed by atoms with Gasteiger partial charge in [-0.3, -0.25) is 0 Å². The summed E-state index contributed by atoms with van der Waals surface area (Å²) in [6.07, 6.45) is 2.97. The van der Waals surface area contributed by atoms with Crippen molar-refractivity contribution in [3.8, 4) is 0 Å². The number of piperidine rings is 2. The molecular formula is C8H17N. The molecule has 0 aromatic rings. The fraction of sp³-hybridized carbons (Fsp3) is 1.00. The minimum absolute atomic E-state index is 1.11. The quantitative estimate of drug-likeness (QED) is 0.479. The van der Waals surface area contributed by atoms with Crippen molar-refractivity contribution >= 4 is 0 Å². The molecule has 0 amide bonds. The molecule has 3 fully saturated rings. The van der Waals surface area contributed by atoms with E-state index >= 15 is 0 Å². The van der Waals surface area contributed by atoms with Crippen molar-refractivity contribution in [1.29, 1.82) is 0 Å². The van der Waals surface area contributed by atoms with Crippen molar-refractivity contribution in [3.05, 3.63) is 0 Å². The second-order valence-corrected chi connectivity index (χ2v) is 2.77. The van der Waals surface area contributed by atoms with Crippen molar-refractivity contribution in [2.45, 2.75) is 26.7 Å². The zero-order chi connectivity index (χ0) is 6.69. The molecule has 3 aliphatic rings. The summed E-state index contributed by atoms with van der Waals surface area (Å²) in [6.45, 7) is 8.22. The lowest BCUT2D eigenvalue weighted by Gasteiger charge is -2.44. The lowest BCUT2D eigenvalue weighted by Crippen LogP contribution is -2.50. The van der Waals surface area contributed by atoms with Gasteiger partial charge in [-0.25, -0.2) is 0 Å². The smallest absolute Gasteiger partial charge is 0.00220 e. The van der Waals surface area contributed by atoms with Crippen LogP contribution in [0.25, 0.3) is 0 Å². The van der Waals surface area contributed by atoms with E-state index in [1.165, 1.54) is 32.5 Å². The monoisotopic (exact) mass is 127 g/mol. The highest BCUT2D eigenvalue weighted by Gasteiger charge is 2.29. The first-order valence-corrected chi connectivity index (χ1v) is 4.17. The molecule has 0 spiro atoms. The van der Waals surface area contributed by atoms with Crippen LogP contribution in [0.15, 0.2) is 0 Å². The van der Waals surface area contributed by atoms with E-state index in [1.807, 2.05) is 13.8 Å². The summed E-state index contributed by atoms with van der Waals surface area (Å²) in [4.78, 5) is 2.54. The summed E-state index contributed by atoms with van der Waals surface area (Å²) >= 11 is 0. The highest BCUT2D eigenvalue weighted by Crippen LogP contribution is 2.26. The van der Waals surface area contributed by atoms with Crippen LogP contribution in [-0.4, -0.2) is 24.5 Å². The fourth-order valence-corrected chi connectivity index (χ4v) is 1.65. The number of nitrogens with zero attached hydrogens (tertiary/aromatic N) is 1. The number of hydrogen-bond acceptors (Lipinski definition) is 1. The molecule has 0 radical (unpaired) electrons. The predicted octanol–water partition coefficient (Wildman–Crippen LogP) is 1.74. The summed E-state index contributed by atoms with van der Waals surface area (Å²) < 4.78 is 0. The highest BCUT2D eigenvalue weighted by molar-refractivity contribution is 4.84. The normalized spacial score (nSPS) is 38.0. The van der Waals surface area contributed by atoms with Crippen molar-refractivity contribution in [2.24, 2.45) is 5.92 Å². The fourth-order valence-electron chi connectivity index (χ4n) is 1.65. The van der Waals surface area contributed by atoms with Crippen LogP contribution >= 0.6 is 0 Å². The predicted molar refractivity (Wildman–Crippen MR) is 40.5 cm³/mol. The Morgan fingerprint density at radius 1 is 1.22 bits per heavy atom. The molecule has 9 heavy (non-hydrogen) atoms. The minimum atomic E-state index is 1.11. The third-order valence-corrected chi connectivity index (χ3v) is 2.12. The molecule has 0 unspecified atom stereocenters. The van der Waals surface area contributed by atoms with Crippen molar-refractivity contribution in [1.82, 2.24) is 4.90 Å². The molecule has 0 atom stereocenters. The molecule has 3 rings (SSSR count).